The number of nitro benzene ring substituents is 1. The summed E-state index contributed by atoms with van der Waals surface area (Å²) < 4.78 is 14.4. The molecule has 0 spiro atoms. The lowest BCUT2D eigenvalue weighted by Gasteiger charge is -2.09. The average Bonchev–Trinajstić information content (AvgIpc) is 2.39. The maximum atomic E-state index is 13.5. The van der Waals surface area contributed by atoms with Crippen molar-refractivity contribution >= 4 is 27.3 Å². The van der Waals surface area contributed by atoms with Gasteiger partial charge in [-0.3, -0.25) is 10.1 Å². The molecule has 20 heavy (non-hydrogen) atoms. The molecule has 0 atom stereocenters. The van der Waals surface area contributed by atoms with Crippen LogP contribution in [0.25, 0.3) is 0 Å². The number of nitrogens with zero attached hydrogens (tertiary/aromatic N) is 1. The Morgan fingerprint density at radius 3 is 2.70 bits per heavy atom. The Bertz CT molecular complexity index is 662. The van der Waals surface area contributed by atoms with Crippen LogP contribution in [0.4, 0.5) is 15.8 Å². The summed E-state index contributed by atoms with van der Waals surface area (Å²) in [5, 5.41) is 13.7. The third-order valence-electron chi connectivity index (χ3n) is 2.81. The molecule has 0 saturated carbocycles. The number of hydrogen-bond acceptors (Lipinski definition) is 3. The van der Waals surface area contributed by atoms with Gasteiger partial charge in [0.15, 0.2) is 0 Å². The van der Waals surface area contributed by atoms with E-state index in [1.165, 1.54) is 18.2 Å². The van der Waals surface area contributed by atoms with Gasteiger partial charge in [-0.2, -0.15) is 4.39 Å². The Morgan fingerprint density at radius 2 is 2.05 bits per heavy atom. The van der Waals surface area contributed by atoms with Gasteiger partial charge in [0, 0.05) is 22.8 Å². The summed E-state index contributed by atoms with van der Waals surface area (Å²) in [6.45, 7) is 2.36. The first-order valence-corrected chi connectivity index (χ1v) is 6.69. The molecular weight excluding hydrogens is 327 g/mol. The molecule has 0 aliphatic carbocycles. The smallest absolute Gasteiger partial charge is 0.304 e. The zero-order chi connectivity index (χ0) is 14.7. The molecule has 104 valence electrons. The molecule has 0 fully saturated rings. The van der Waals surface area contributed by atoms with Crippen LogP contribution in [0.1, 0.15) is 11.1 Å². The fourth-order valence-electron chi connectivity index (χ4n) is 1.78. The third kappa shape index (κ3) is 3.33. The number of benzene rings is 2. The van der Waals surface area contributed by atoms with E-state index in [0.29, 0.717) is 12.1 Å². The van der Waals surface area contributed by atoms with Crippen molar-refractivity contribution in [3.05, 3.63) is 67.9 Å². The van der Waals surface area contributed by atoms with E-state index in [1.807, 2.05) is 25.1 Å². The van der Waals surface area contributed by atoms with Gasteiger partial charge in [-0.05, 0) is 52.2 Å². The molecule has 0 amide bonds. The van der Waals surface area contributed by atoms with E-state index in [1.54, 1.807) is 0 Å². The molecule has 0 aromatic heterocycles. The summed E-state index contributed by atoms with van der Waals surface area (Å²) in [5.74, 6) is -0.822. The highest BCUT2D eigenvalue weighted by molar-refractivity contribution is 9.10. The van der Waals surface area contributed by atoms with Crippen LogP contribution in [0.15, 0.2) is 40.9 Å². The SMILES string of the molecule is Cc1ccc(Br)c(NCc2ccc([N+](=O)[O-])c(F)c2)c1. The number of hydrogen-bond donors (Lipinski definition) is 1. The molecule has 0 bridgehead atoms. The van der Waals surface area contributed by atoms with E-state index < -0.39 is 16.4 Å². The molecule has 2 rings (SSSR count). The zero-order valence-corrected chi connectivity index (χ0v) is 12.3. The van der Waals surface area contributed by atoms with Crippen LogP contribution in [0.3, 0.4) is 0 Å². The molecule has 0 aliphatic rings. The summed E-state index contributed by atoms with van der Waals surface area (Å²) in [6.07, 6.45) is 0. The van der Waals surface area contributed by atoms with Gasteiger partial charge in [-0.15, -0.1) is 0 Å². The predicted octanol–water partition coefficient (Wildman–Crippen LogP) is 4.42. The van der Waals surface area contributed by atoms with Gasteiger partial charge in [0.05, 0.1) is 4.92 Å². The van der Waals surface area contributed by atoms with Crippen LogP contribution in [0.2, 0.25) is 0 Å². The average molecular weight is 339 g/mol. The number of halogens is 2. The van der Waals surface area contributed by atoms with Crippen molar-refractivity contribution in [2.75, 3.05) is 5.32 Å². The van der Waals surface area contributed by atoms with E-state index in [9.17, 15) is 14.5 Å². The summed E-state index contributed by atoms with van der Waals surface area (Å²) in [5.41, 5.74) is 2.13. The maximum Gasteiger partial charge on any atom is 0.304 e. The van der Waals surface area contributed by atoms with Crippen molar-refractivity contribution in [1.29, 1.82) is 0 Å². The van der Waals surface area contributed by atoms with Crippen molar-refractivity contribution in [2.24, 2.45) is 0 Å². The second kappa shape index (κ2) is 6.00. The number of nitrogens with one attached hydrogen (secondary N) is 1. The maximum absolute atomic E-state index is 13.5. The molecule has 2 aromatic rings. The minimum absolute atomic E-state index is 0.386. The Kier molecular flexibility index (Phi) is 4.34. The summed E-state index contributed by atoms with van der Waals surface area (Å²) >= 11 is 3.42. The molecule has 0 heterocycles. The Labute approximate surface area is 123 Å². The third-order valence-corrected chi connectivity index (χ3v) is 3.51. The van der Waals surface area contributed by atoms with Gasteiger partial charge >= 0.3 is 5.69 Å². The monoisotopic (exact) mass is 338 g/mol. The summed E-state index contributed by atoms with van der Waals surface area (Å²) in [6, 6.07) is 9.76. The van der Waals surface area contributed by atoms with E-state index in [2.05, 4.69) is 21.2 Å². The van der Waals surface area contributed by atoms with E-state index in [-0.39, 0.29) is 0 Å². The van der Waals surface area contributed by atoms with Gasteiger partial charge in [0.25, 0.3) is 0 Å². The van der Waals surface area contributed by atoms with Gasteiger partial charge in [0.2, 0.25) is 5.82 Å². The second-order valence-corrected chi connectivity index (χ2v) is 5.23. The van der Waals surface area contributed by atoms with Crippen LogP contribution in [0, 0.1) is 22.9 Å². The molecule has 4 nitrogen and oxygen atoms in total. The lowest BCUT2D eigenvalue weighted by atomic mass is 10.2. The molecule has 0 saturated heterocycles. The highest BCUT2D eigenvalue weighted by Gasteiger charge is 2.13. The van der Waals surface area contributed by atoms with Crippen LogP contribution in [0.5, 0.6) is 0 Å². The molecule has 2 aromatic carbocycles. The van der Waals surface area contributed by atoms with Crippen LogP contribution >= 0.6 is 15.9 Å². The Morgan fingerprint density at radius 1 is 1.30 bits per heavy atom. The number of aryl methyl sites for hydroxylation is 1. The fraction of sp³-hybridized carbons (Fsp3) is 0.143. The van der Waals surface area contributed by atoms with Gasteiger partial charge in [-0.25, -0.2) is 0 Å². The summed E-state index contributed by atoms with van der Waals surface area (Å²) in [4.78, 5) is 9.81. The quantitative estimate of drug-likeness (QED) is 0.663. The molecule has 0 radical (unpaired) electrons. The number of nitro groups is 1. The largest absolute Gasteiger partial charge is 0.380 e. The van der Waals surface area contributed by atoms with Crippen LogP contribution in [-0.4, -0.2) is 4.92 Å². The molecule has 6 heteroatoms. The minimum atomic E-state index is -0.822. The van der Waals surface area contributed by atoms with Crippen molar-refractivity contribution in [2.45, 2.75) is 13.5 Å². The van der Waals surface area contributed by atoms with Gasteiger partial charge in [-0.1, -0.05) is 12.1 Å². The fourth-order valence-corrected chi connectivity index (χ4v) is 2.17. The highest BCUT2D eigenvalue weighted by Crippen LogP contribution is 2.24. The topological polar surface area (TPSA) is 55.2 Å². The van der Waals surface area contributed by atoms with Crippen molar-refractivity contribution < 1.29 is 9.31 Å². The van der Waals surface area contributed by atoms with Crippen LogP contribution in [-0.2, 0) is 6.54 Å². The Hall–Kier alpha value is -1.95. The lowest BCUT2D eigenvalue weighted by Crippen LogP contribution is -2.02. The normalized spacial score (nSPS) is 10.3. The predicted molar refractivity (Wildman–Crippen MR) is 79.3 cm³/mol. The number of anilines is 1. The highest BCUT2D eigenvalue weighted by atomic mass is 79.9. The minimum Gasteiger partial charge on any atom is -0.380 e. The first-order valence-electron chi connectivity index (χ1n) is 5.90. The molecule has 1 N–H and O–H groups in total. The van der Waals surface area contributed by atoms with E-state index in [4.69, 9.17) is 0 Å². The first-order chi connectivity index (χ1) is 9.47. The summed E-state index contributed by atoms with van der Waals surface area (Å²) in [7, 11) is 0. The standard InChI is InChI=1S/C14H12BrFN2O2/c1-9-2-4-11(15)13(6-9)17-8-10-3-5-14(18(19)20)12(16)7-10/h2-7,17H,8H2,1H3. The van der Waals surface area contributed by atoms with Crippen molar-refractivity contribution in [1.82, 2.24) is 0 Å². The second-order valence-electron chi connectivity index (χ2n) is 4.38. The first kappa shape index (κ1) is 14.5. The van der Waals surface area contributed by atoms with Crippen molar-refractivity contribution in [3.63, 3.8) is 0 Å². The lowest BCUT2D eigenvalue weighted by molar-refractivity contribution is -0.387. The van der Waals surface area contributed by atoms with Gasteiger partial charge in [0.1, 0.15) is 0 Å². The number of rotatable bonds is 4. The van der Waals surface area contributed by atoms with E-state index in [0.717, 1.165) is 15.7 Å². The van der Waals surface area contributed by atoms with Crippen molar-refractivity contribution in [3.8, 4) is 0 Å². The molecular formula is C14H12BrFN2O2. The zero-order valence-electron chi connectivity index (χ0n) is 10.7. The van der Waals surface area contributed by atoms with Gasteiger partial charge < -0.3 is 5.32 Å². The molecule has 0 aliphatic heterocycles. The van der Waals surface area contributed by atoms with Crippen LogP contribution < -0.4 is 5.32 Å². The Balaban J connectivity index is 2.13. The molecule has 0 unspecified atom stereocenters. The van der Waals surface area contributed by atoms with E-state index >= 15 is 0 Å².